The van der Waals surface area contributed by atoms with Crippen molar-refractivity contribution in [2.75, 3.05) is 20.2 Å². The number of thiocarbonyl (C=S) groups is 1. The minimum atomic E-state index is -0.144. The van der Waals surface area contributed by atoms with Gasteiger partial charge in [-0.15, -0.1) is 0 Å². The third kappa shape index (κ3) is 5.48. The summed E-state index contributed by atoms with van der Waals surface area (Å²) < 4.78 is 4.88. The molecule has 0 saturated carbocycles. The molecule has 0 N–H and O–H groups in total. The molecule has 16 heavy (non-hydrogen) atoms. The Kier molecular flexibility index (Phi) is 7.36. The van der Waals surface area contributed by atoms with Crippen molar-refractivity contribution in [3.05, 3.63) is 0 Å². The second kappa shape index (κ2) is 7.65. The van der Waals surface area contributed by atoms with E-state index in [4.69, 9.17) is 17.0 Å². The Balaban J connectivity index is 4.66. The molecule has 0 aliphatic heterocycles. The summed E-state index contributed by atoms with van der Waals surface area (Å²) in [5.41, 5.74) is -0.144. The molecule has 0 spiro atoms. The van der Waals surface area contributed by atoms with Crippen LogP contribution in [0.15, 0.2) is 0 Å². The van der Waals surface area contributed by atoms with Crippen molar-refractivity contribution < 1.29 is 4.74 Å². The zero-order valence-electron chi connectivity index (χ0n) is 11.1. The van der Waals surface area contributed by atoms with Crippen LogP contribution in [0, 0.1) is 11.8 Å². The second-order valence-corrected chi connectivity index (χ2v) is 4.66. The Labute approximate surface area is 105 Å². The van der Waals surface area contributed by atoms with Gasteiger partial charge in [-0.1, -0.05) is 19.8 Å². The number of rotatable bonds is 5. The van der Waals surface area contributed by atoms with Crippen LogP contribution in [0.3, 0.4) is 0 Å². The fourth-order valence-electron chi connectivity index (χ4n) is 1.54. The molecule has 0 unspecified atom stereocenters. The van der Waals surface area contributed by atoms with Crippen LogP contribution in [0.25, 0.3) is 0 Å². The quantitative estimate of drug-likeness (QED) is 0.542. The highest BCUT2D eigenvalue weighted by Gasteiger charge is 2.22. The minimum Gasteiger partial charge on any atom is -0.480 e. The molecule has 0 aromatic rings. The SMILES string of the molecule is CCCN(CCC)C(C)(C)C#CC(=S)OC. The van der Waals surface area contributed by atoms with Gasteiger partial charge in [0, 0.05) is 0 Å². The first kappa shape index (κ1) is 15.4. The van der Waals surface area contributed by atoms with E-state index in [9.17, 15) is 0 Å². The van der Waals surface area contributed by atoms with E-state index in [1.165, 1.54) is 0 Å². The van der Waals surface area contributed by atoms with Crippen LogP contribution in [-0.2, 0) is 4.74 Å². The van der Waals surface area contributed by atoms with Crippen LogP contribution in [0.5, 0.6) is 0 Å². The Morgan fingerprint density at radius 2 is 1.75 bits per heavy atom. The van der Waals surface area contributed by atoms with E-state index >= 15 is 0 Å². The van der Waals surface area contributed by atoms with Crippen LogP contribution >= 0.6 is 12.2 Å². The van der Waals surface area contributed by atoms with Gasteiger partial charge in [0.1, 0.15) is 0 Å². The van der Waals surface area contributed by atoms with Gasteiger partial charge in [0.15, 0.2) is 0 Å². The minimum absolute atomic E-state index is 0.144. The van der Waals surface area contributed by atoms with Gasteiger partial charge in [0.05, 0.1) is 12.6 Å². The molecule has 0 aliphatic rings. The van der Waals surface area contributed by atoms with Crippen molar-refractivity contribution >= 4 is 17.3 Å². The summed E-state index contributed by atoms with van der Waals surface area (Å²) >= 11 is 4.92. The van der Waals surface area contributed by atoms with Crippen molar-refractivity contribution in [2.45, 2.75) is 46.1 Å². The monoisotopic (exact) mass is 241 g/mol. The second-order valence-electron chi connectivity index (χ2n) is 4.29. The smallest absolute Gasteiger partial charge is 0.237 e. The lowest BCUT2D eigenvalue weighted by atomic mass is 10.0. The van der Waals surface area contributed by atoms with Gasteiger partial charge in [-0.3, -0.25) is 4.90 Å². The van der Waals surface area contributed by atoms with Gasteiger partial charge in [0.2, 0.25) is 5.05 Å². The molecule has 0 aromatic heterocycles. The van der Waals surface area contributed by atoms with Gasteiger partial charge in [-0.05, 0) is 57.9 Å². The van der Waals surface area contributed by atoms with E-state index in [2.05, 4.69) is 44.4 Å². The molecule has 3 heteroatoms. The number of nitrogens with zero attached hydrogens (tertiary/aromatic N) is 1. The van der Waals surface area contributed by atoms with Gasteiger partial charge in [-0.2, -0.15) is 0 Å². The summed E-state index contributed by atoms with van der Waals surface area (Å²) in [5, 5.41) is 0.362. The van der Waals surface area contributed by atoms with Gasteiger partial charge in [-0.25, -0.2) is 0 Å². The van der Waals surface area contributed by atoms with E-state index in [-0.39, 0.29) is 5.54 Å². The number of ether oxygens (including phenoxy) is 1. The maximum absolute atomic E-state index is 4.92. The van der Waals surface area contributed by atoms with Crippen LogP contribution in [0.2, 0.25) is 0 Å². The molecular weight excluding hydrogens is 218 g/mol. The third-order valence-electron chi connectivity index (χ3n) is 2.43. The third-order valence-corrected chi connectivity index (χ3v) is 2.70. The van der Waals surface area contributed by atoms with E-state index in [1.54, 1.807) is 7.11 Å². The Morgan fingerprint density at radius 3 is 2.12 bits per heavy atom. The maximum atomic E-state index is 4.92. The predicted molar refractivity (Wildman–Crippen MR) is 73.6 cm³/mol. The largest absolute Gasteiger partial charge is 0.480 e. The normalized spacial score (nSPS) is 10.9. The Bertz CT molecular complexity index is 269. The van der Waals surface area contributed by atoms with Crippen molar-refractivity contribution in [3.8, 4) is 11.8 Å². The van der Waals surface area contributed by atoms with Crippen LogP contribution < -0.4 is 0 Å². The average molecular weight is 241 g/mol. The summed E-state index contributed by atoms with van der Waals surface area (Å²) in [6.45, 7) is 10.8. The molecule has 0 heterocycles. The first-order valence-corrected chi connectivity index (χ1v) is 6.25. The molecule has 0 aliphatic carbocycles. The molecule has 0 fully saturated rings. The highest BCUT2D eigenvalue weighted by atomic mass is 32.1. The highest BCUT2D eigenvalue weighted by molar-refractivity contribution is 7.80. The van der Waals surface area contributed by atoms with Gasteiger partial charge < -0.3 is 4.74 Å². The topological polar surface area (TPSA) is 12.5 Å². The molecule has 0 aromatic carbocycles. The molecule has 0 bridgehead atoms. The van der Waals surface area contributed by atoms with E-state index in [0.717, 1.165) is 25.9 Å². The van der Waals surface area contributed by atoms with Crippen LogP contribution in [0.1, 0.15) is 40.5 Å². The molecule has 92 valence electrons. The average Bonchev–Trinajstić information content (AvgIpc) is 2.25. The zero-order chi connectivity index (χ0) is 12.6. The first-order chi connectivity index (χ1) is 7.47. The van der Waals surface area contributed by atoms with Gasteiger partial charge >= 0.3 is 0 Å². The van der Waals surface area contributed by atoms with Crippen LogP contribution in [-0.4, -0.2) is 35.7 Å². The van der Waals surface area contributed by atoms with Gasteiger partial charge in [0.25, 0.3) is 0 Å². The van der Waals surface area contributed by atoms with Crippen LogP contribution in [0.4, 0.5) is 0 Å². The van der Waals surface area contributed by atoms with Crippen molar-refractivity contribution in [3.63, 3.8) is 0 Å². The maximum Gasteiger partial charge on any atom is 0.237 e. The number of hydrogen-bond acceptors (Lipinski definition) is 3. The molecule has 0 amide bonds. The standard InChI is InChI=1S/C13H23NOS/c1-6-10-14(11-7-2)13(3,4)9-8-12(16)15-5/h6-7,10-11H2,1-5H3. The molecule has 0 atom stereocenters. The summed E-state index contributed by atoms with van der Waals surface area (Å²) in [5.74, 6) is 6.08. The summed E-state index contributed by atoms with van der Waals surface area (Å²) in [4.78, 5) is 2.39. The molecule has 0 rings (SSSR count). The van der Waals surface area contributed by atoms with E-state index in [0.29, 0.717) is 5.05 Å². The summed E-state index contributed by atoms with van der Waals surface area (Å²) in [7, 11) is 1.56. The molecule has 0 saturated heterocycles. The Hall–Kier alpha value is -0.590. The highest BCUT2D eigenvalue weighted by Crippen LogP contribution is 2.14. The van der Waals surface area contributed by atoms with Crippen molar-refractivity contribution in [2.24, 2.45) is 0 Å². The fourth-order valence-corrected chi connectivity index (χ4v) is 1.60. The first-order valence-electron chi connectivity index (χ1n) is 5.84. The zero-order valence-corrected chi connectivity index (χ0v) is 11.9. The van der Waals surface area contributed by atoms with E-state index < -0.39 is 0 Å². The number of methoxy groups -OCH3 is 1. The molecule has 0 radical (unpaired) electrons. The van der Waals surface area contributed by atoms with Crippen molar-refractivity contribution in [1.82, 2.24) is 4.90 Å². The lowest BCUT2D eigenvalue weighted by Gasteiger charge is -2.34. The fraction of sp³-hybridized carbons (Fsp3) is 0.769. The lowest BCUT2D eigenvalue weighted by Crippen LogP contribution is -2.43. The summed E-state index contributed by atoms with van der Waals surface area (Å²) in [6, 6.07) is 0. The number of hydrogen-bond donors (Lipinski definition) is 0. The van der Waals surface area contributed by atoms with E-state index in [1.807, 2.05) is 0 Å². The predicted octanol–water partition coefficient (Wildman–Crippen LogP) is 2.86. The Morgan fingerprint density at radius 1 is 1.25 bits per heavy atom. The molecular formula is C13H23NOS. The molecule has 2 nitrogen and oxygen atoms in total. The lowest BCUT2D eigenvalue weighted by molar-refractivity contribution is 0.170. The summed E-state index contributed by atoms with van der Waals surface area (Å²) in [6.07, 6.45) is 2.28. The van der Waals surface area contributed by atoms with Crippen molar-refractivity contribution in [1.29, 1.82) is 0 Å².